The van der Waals surface area contributed by atoms with E-state index in [1.54, 1.807) is 6.20 Å². The third kappa shape index (κ3) is 3.65. The topological polar surface area (TPSA) is 46.6 Å². The van der Waals surface area contributed by atoms with Gasteiger partial charge in [0.05, 0.1) is 17.4 Å². The minimum Gasteiger partial charge on any atom is -0.454 e. The zero-order chi connectivity index (χ0) is 32.1. The third-order valence-corrected chi connectivity index (χ3v) is 10.1. The monoisotopic (exact) mass is 624 g/mol. The average molecular weight is 625 g/mol. The first-order valence-electron chi connectivity index (χ1n) is 16.2. The molecule has 0 amide bonds. The SMILES string of the molecule is CC1(C)c2ccccc2N(c2cccc(C(F)c3ccc4c5ccccc5n5ccnc5c4c3)c2)c2ncc3oc4ccccc4c3c21. The summed E-state index contributed by atoms with van der Waals surface area (Å²) in [5, 5.41) is 5.22. The number of imidazole rings is 1. The maximum atomic E-state index is 16.8. The number of alkyl halides is 1. The molecule has 230 valence electrons. The van der Waals surface area contributed by atoms with Gasteiger partial charge >= 0.3 is 0 Å². The first-order chi connectivity index (χ1) is 23.5. The molecule has 0 bridgehead atoms. The molecule has 0 aliphatic carbocycles. The zero-order valence-electron chi connectivity index (χ0n) is 26.4. The lowest BCUT2D eigenvalue weighted by Gasteiger charge is -2.41. The van der Waals surface area contributed by atoms with Crippen molar-refractivity contribution in [1.29, 1.82) is 0 Å². The lowest BCUT2D eigenvalue weighted by Crippen LogP contribution is -2.31. The molecule has 0 saturated carbocycles. The van der Waals surface area contributed by atoms with E-state index in [1.807, 2.05) is 85.2 Å². The van der Waals surface area contributed by atoms with Crippen LogP contribution in [0.4, 0.5) is 21.6 Å². The molecule has 4 aromatic heterocycles. The third-order valence-electron chi connectivity index (χ3n) is 10.1. The first-order valence-corrected chi connectivity index (χ1v) is 16.2. The van der Waals surface area contributed by atoms with E-state index in [1.165, 1.54) is 5.56 Å². The van der Waals surface area contributed by atoms with Gasteiger partial charge in [-0.15, -0.1) is 0 Å². The molecule has 0 fully saturated rings. The molecule has 0 radical (unpaired) electrons. The lowest BCUT2D eigenvalue weighted by molar-refractivity contribution is 0.402. The van der Waals surface area contributed by atoms with Gasteiger partial charge in [0, 0.05) is 50.6 Å². The van der Waals surface area contributed by atoms with Crippen LogP contribution in [0.1, 0.15) is 42.3 Å². The summed E-state index contributed by atoms with van der Waals surface area (Å²) in [4.78, 5) is 11.9. The molecule has 0 N–H and O–H groups in total. The van der Waals surface area contributed by atoms with Crippen molar-refractivity contribution in [2.24, 2.45) is 0 Å². The van der Waals surface area contributed by atoms with E-state index >= 15 is 4.39 Å². The Morgan fingerprint density at radius 2 is 1.50 bits per heavy atom. The first kappa shape index (κ1) is 27.1. The molecule has 1 unspecified atom stereocenters. The second-order valence-electron chi connectivity index (χ2n) is 13.2. The minimum absolute atomic E-state index is 0.366. The number of furan rings is 1. The van der Waals surface area contributed by atoms with Crippen LogP contribution in [0.3, 0.4) is 0 Å². The van der Waals surface area contributed by atoms with Crippen LogP contribution < -0.4 is 4.90 Å². The molecular formula is C42H29FN4O. The molecule has 1 atom stereocenters. The summed E-state index contributed by atoms with van der Waals surface area (Å²) >= 11 is 0. The van der Waals surface area contributed by atoms with E-state index in [4.69, 9.17) is 9.40 Å². The van der Waals surface area contributed by atoms with Gasteiger partial charge in [-0.05, 0) is 58.5 Å². The second-order valence-corrected chi connectivity index (χ2v) is 13.2. The quantitative estimate of drug-likeness (QED) is 0.184. The molecule has 9 aromatic rings. The van der Waals surface area contributed by atoms with Crippen molar-refractivity contribution in [1.82, 2.24) is 14.4 Å². The van der Waals surface area contributed by atoms with Crippen molar-refractivity contribution in [3.63, 3.8) is 0 Å². The number of anilines is 3. The van der Waals surface area contributed by atoms with Crippen LogP contribution in [0.15, 0.2) is 138 Å². The average Bonchev–Trinajstić information content (AvgIpc) is 3.77. The zero-order valence-corrected chi connectivity index (χ0v) is 26.4. The highest BCUT2D eigenvalue weighted by molar-refractivity contribution is 6.12. The number of nitrogens with zero attached hydrogens (tertiary/aromatic N) is 4. The smallest absolute Gasteiger partial charge is 0.154 e. The van der Waals surface area contributed by atoms with Crippen LogP contribution in [-0.4, -0.2) is 14.4 Å². The van der Waals surface area contributed by atoms with Gasteiger partial charge in [-0.3, -0.25) is 9.30 Å². The molecule has 5 heterocycles. The fraction of sp³-hybridized carbons (Fsp3) is 0.0952. The van der Waals surface area contributed by atoms with Crippen molar-refractivity contribution >= 4 is 66.5 Å². The number of hydrogen-bond acceptors (Lipinski definition) is 4. The Hall–Kier alpha value is -6.01. The van der Waals surface area contributed by atoms with Crippen LogP contribution in [0.5, 0.6) is 0 Å². The highest BCUT2D eigenvalue weighted by atomic mass is 19.1. The van der Waals surface area contributed by atoms with E-state index in [0.717, 1.165) is 72.0 Å². The number of aromatic nitrogens is 3. The van der Waals surface area contributed by atoms with Crippen molar-refractivity contribution in [3.8, 4) is 0 Å². The van der Waals surface area contributed by atoms with Crippen molar-refractivity contribution in [2.45, 2.75) is 25.4 Å². The lowest BCUT2D eigenvalue weighted by atomic mass is 9.73. The molecule has 1 aliphatic rings. The summed E-state index contributed by atoms with van der Waals surface area (Å²) in [6.07, 6.45) is 4.24. The summed E-state index contributed by atoms with van der Waals surface area (Å²) < 4.78 is 25.1. The maximum absolute atomic E-state index is 16.8. The largest absolute Gasteiger partial charge is 0.454 e. The van der Waals surface area contributed by atoms with E-state index in [9.17, 15) is 0 Å². The molecule has 0 spiro atoms. The standard InChI is InChI=1S/C42H29FN4O/c1-42(2)32-14-5-7-16-34(32)47(41-38(42)37-30-13-4-8-17-35(30)48-36(37)24-45-41)27-11-9-10-25(22-27)39(43)26-18-19-28-29-12-3-6-15-33(29)46-21-20-44-40(46)31(28)23-26/h3-24,39H,1-2H3. The number of pyridine rings is 2. The van der Waals surface area contributed by atoms with Crippen molar-refractivity contribution in [3.05, 3.63) is 156 Å². The van der Waals surface area contributed by atoms with Gasteiger partial charge in [0.15, 0.2) is 11.8 Å². The molecule has 10 rings (SSSR count). The van der Waals surface area contributed by atoms with Gasteiger partial charge in [0.2, 0.25) is 0 Å². The molecule has 6 heteroatoms. The fourth-order valence-electron chi connectivity index (χ4n) is 7.94. The van der Waals surface area contributed by atoms with Gasteiger partial charge in [-0.1, -0.05) is 92.7 Å². The van der Waals surface area contributed by atoms with Gasteiger partial charge in [0.25, 0.3) is 0 Å². The number of para-hydroxylation sites is 3. The number of rotatable bonds is 3. The summed E-state index contributed by atoms with van der Waals surface area (Å²) in [5.74, 6) is 0.824. The molecule has 5 aromatic carbocycles. The highest BCUT2D eigenvalue weighted by Crippen LogP contribution is 2.54. The van der Waals surface area contributed by atoms with Crippen LogP contribution >= 0.6 is 0 Å². The van der Waals surface area contributed by atoms with E-state index in [-0.39, 0.29) is 5.41 Å². The van der Waals surface area contributed by atoms with Gasteiger partial charge in [-0.25, -0.2) is 14.4 Å². The Morgan fingerprint density at radius 3 is 2.42 bits per heavy atom. The molecule has 48 heavy (non-hydrogen) atoms. The van der Waals surface area contributed by atoms with Gasteiger partial charge in [0.1, 0.15) is 17.0 Å². The van der Waals surface area contributed by atoms with E-state index in [0.29, 0.717) is 11.1 Å². The van der Waals surface area contributed by atoms with Gasteiger partial charge in [-0.2, -0.15) is 0 Å². The van der Waals surface area contributed by atoms with Gasteiger partial charge < -0.3 is 4.42 Å². The number of fused-ring (bicyclic) bond motifs is 12. The number of benzene rings is 5. The maximum Gasteiger partial charge on any atom is 0.154 e. The van der Waals surface area contributed by atoms with Crippen molar-refractivity contribution < 1.29 is 8.81 Å². The van der Waals surface area contributed by atoms with Crippen molar-refractivity contribution in [2.75, 3.05) is 4.90 Å². The molecular weight excluding hydrogens is 595 g/mol. The highest BCUT2D eigenvalue weighted by Gasteiger charge is 2.40. The Bertz CT molecular complexity index is 2760. The fourth-order valence-corrected chi connectivity index (χ4v) is 7.94. The predicted molar refractivity (Wildman–Crippen MR) is 191 cm³/mol. The Balaban J connectivity index is 1.15. The summed E-state index contributed by atoms with van der Waals surface area (Å²) in [6, 6.07) is 38.5. The van der Waals surface area contributed by atoms with Crippen LogP contribution in [0.25, 0.3) is 49.3 Å². The molecule has 0 saturated heterocycles. The van der Waals surface area contributed by atoms with E-state index in [2.05, 4.69) is 70.6 Å². The molecule has 5 nitrogen and oxygen atoms in total. The summed E-state index contributed by atoms with van der Waals surface area (Å²) in [5.41, 5.74) is 8.43. The van der Waals surface area contributed by atoms with E-state index < -0.39 is 6.17 Å². The number of halogens is 1. The normalized spacial score (nSPS) is 14.6. The second kappa shape index (κ2) is 9.75. The van der Waals surface area contributed by atoms with Crippen LogP contribution in [-0.2, 0) is 5.41 Å². The Morgan fingerprint density at radius 1 is 0.708 bits per heavy atom. The summed E-state index contributed by atoms with van der Waals surface area (Å²) in [6.45, 7) is 4.50. The minimum atomic E-state index is -1.35. The summed E-state index contributed by atoms with van der Waals surface area (Å²) in [7, 11) is 0. The Kier molecular flexibility index (Phi) is 5.51. The number of hydrogen-bond donors (Lipinski definition) is 0. The van der Waals surface area contributed by atoms with Crippen LogP contribution in [0, 0.1) is 0 Å². The Labute approximate surface area is 275 Å². The molecule has 1 aliphatic heterocycles. The van der Waals surface area contributed by atoms with Crippen LogP contribution in [0.2, 0.25) is 0 Å². The predicted octanol–water partition coefficient (Wildman–Crippen LogP) is 11.1.